The molecular formula is C24H27N5O3. The van der Waals surface area contributed by atoms with Gasteiger partial charge in [-0.25, -0.2) is 9.97 Å². The van der Waals surface area contributed by atoms with E-state index in [-0.39, 0.29) is 5.91 Å². The summed E-state index contributed by atoms with van der Waals surface area (Å²) >= 11 is 0. The molecule has 8 heteroatoms. The maximum Gasteiger partial charge on any atom is 0.255 e. The third kappa shape index (κ3) is 3.86. The Balaban J connectivity index is 1.30. The van der Waals surface area contributed by atoms with Crippen LogP contribution >= 0.6 is 0 Å². The Hall–Kier alpha value is -3.26. The van der Waals surface area contributed by atoms with Crippen LogP contribution < -0.4 is 4.90 Å². The monoisotopic (exact) mass is 433 g/mol. The predicted molar refractivity (Wildman–Crippen MR) is 119 cm³/mol. The van der Waals surface area contributed by atoms with Gasteiger partial charge < -0.3 is 19.1 Å². The molecule has 2 aliphatic heterocycles. The number of carbonyl (C=O) groups is 1. The number of aromatic nitrogens is 3. The lowest BCUT2D eigenvalue weighted by atomic mass is 9.88. The van der Waals surface area contributed by atoms with E-state index in [9.17, 15) is 4.79 Å². The smallest absolute Gasteiger partial charge is 0.255 e. The summed E-state index contributed by atoms with van der Waals surface area (Å²) in [6.07, 6.45) is 2.87. The first kappa shape index (κ1) is 20.6. The third-order valence-electron chi connectivity index (χ3n) is 6.29. The molecule has 32 heavy (non-hydrogen) atoms. The van der Waals surface area contributed by atoms with Crippen molar-refractivity contribution < 1.29 is 14.1 Å². The number of ether oxygens (including phenoxy) is 1. The molecule has 2 saturated heterocycles. The number of nitrogens with zero attached hydrogens (tertiary/aromatic N) is 5. The SMILES string of the molecule is Cc1cc(C)nc(N2CCC3(CC2)OCCN(Cc2conc2-c2ccccc2)C3=O)n1. The van der Waals surface area contributed by atoms with E-state index < -0.39 is 5.60 Å². The second-order valence-corrected chi connectivity index (χ2v) is 8.56. The van der Waals surface area contributed by atoms with Crippen molar-refractivity contribution in [2.45, 2.75) is 38.8 Å². The van der Waals surface area contributed by atoms with E-state index in [4.69, 9.17) is 9.26 Å². The van der Waals surface area contributed by atoms with Crippen LogP contribution in [-0.4, -0.2) is 57.8 Å². The van der Waals surface area contributed by atoms with Gasteiger partial charge in [-0.1, -0.05) is 35.5 Å². The van der Waals surface area contributed by atoms with Gasteiger partial charge in [0.05, 0.1) is 13.2 Å². The van der Waals surface area contributed by atoms with Crippen LogP contribution in [-0.2, 0) is 16.1 Å². The minimum absolute atomic E-state index is 0.0463. The van der Waals surface area contributed by atoms with E-state index in [1.54, 1.807) is 6.26 Å². The number of morpholine rings is 1. The van der Waals surface area contributed by atoms with Crippen LogP contribution in [0.25, 0.3) is 11.3 Å². The third-order valence-corrected chi connectivity index (χ3v) is 6.29. The highest BCUT2D eigenvalue weighted by Gasteiger charge is 2.47. The Morgan fingerprint density at radius 1 is 1.03 bits per heavy atom. The molecule has 166 valence electrons. The molecule has 4 heterocycles. The normalized spacial score (nSPS) is 18.4. The fraction of sp³-hybridized carbons (Fsp3) is 0.417. The van der Waals surface area contributed by atoms with Crippen LogP contribution in [0.15, 0.2) is 47.2 Å². The van der Waals surface area contributed by atoms with E-state index in [0.29, 0.717) is 45.6 Å². The molecule has 1 spiro atoms. The van der Waals surface area contributed by atoms with Gasteiger partial charge >= 0.3 is 0 Å². The average molecular weight is 434 g/mol. The number of benzene rings is 1. The molecule has 2 aliphatic rings. The molecule has 0 saturated carbocycles. The van der Waals surface area contributed by atoms with Gasteiger partial charge in [0.25, 0.3) is 5.91 Å². The molecule has 2 fully saturated rings. The van der Waals surface area contributed by atoms with E-state index in [1.807, 2.05) is 55.1 Å². The zero-order valence-electron chi connectivity index (χ0n) is 18.5. The van der Waals surface area contributed by atoms with Gasteiger partial charge in [-0.3, -0.25) is 4.79 Å². The molecule has 1 amide bonds. The molecule has 0 radical (unpaired) electrons. The van der Waals surface area contributed by atoms with Gasteiger partial charge in [0.1, 0.15) is 17.6 Å². The lowest BCUT2D eigenvalue weighted by Crippen LogP contribution is -2.60. The van der Waals surface area contributed by atoms with Crippen molar-refractivity contribution in [2.75, 3.05) is 31.1 Å². The van der Waals surface area contributed by atoms with Crippen molar-refractivity contribution in [3.8, 4) is 11.3 Å². The Bertz CT molecular complexity index is 1090. The summed E-state index contributed by atoms with van der Waals surface area (Å²) in [7, 11) is 0. The molecule has 3 aromatic rings. The molecule has 8 nitrogen and oxygen atoms in total. The summed E-state index contributed by atoms with van der Waals surface area (Å²) in [5.41, 5.74) is 3.79. The molecule has 0 aliphatic carbocycles. The molecule has 0 atom stereocenters. The van der Waals surface area contributed by atoms with E-state index in [2.05, 4.69) is 20.0 Å². The summed E-state index contributed by atoms with van der Waals surface area (Å²) in [6, 6.07) is 11.9. The van der Waals surface area contributed by atoms with Gasteiger partial charge in [-0.15, -0.1) is 0 Å². The Labute approximate surface area is 187 Å². The summed E-state index contributed by atoms with van der Waals surface area (Å²) in [5, 5.41) is 4.17. The zero-order chi connectivity index (χ0) is 22.1. The van der Waals surface area contributed by atoms with E-state index >= 15 is 0 Å². The Morgan fingerprint density at radius 3 is 2.47 bits per heavy atom. The van der Waals surface area contributed by atoms with Crippen molar-refractivity contribution in [3.63, 3.8) is 0 Å². The second kappa shape index (κ2) is 8.35. The van der Waals surface area contributed by atoms with E-state index in [1.165, 1.54) is 0 Å². The van der Waals surface area contributed by atoms with Crippen LogP contribution in [0.4, 0.5) is 5.95 Å². The minimum Gasteiger partial charge on any atom is -0.364 e. The predicted octanol–water partition coefficient (Wildman–Crippen LogP) is 3.15. The van der Waals surface area contributed by atoms with Crippen LogP contribution in [0.1, 0.15) is 29.8 Å². The number of piperidine rings is 1. The Morgan fingerprint density at radius 2 is 1.75 bits per heavy atom. The highest BCUT2D eigenvalue weighted by Crippen LogP contribution is 2.34. The molecule has 0 unspecified atom stereocenters. The second-order valence-electron chi connectivity index (χ2n) is 8.56. The fourth-order valence-electron chi connectivity index (χ4n) is 4.64. The van der Waals surface area contributed by atoms with Crippen LogP contribution in [0, 0.1) is 13.8 Å². The van der Waals surface area contributed by atoms with Crippen molar-refractivity contribution in [2.24, 2.45) is 0 Å². The number of carbonyl (C=O) groups excluding carboxylic acids is 1. The van der Waals surface area contributed by atoms with Crippen molar-refractivity contribution >= 4 is 11.9 Å². The van der Waals surface area contributed by atoms with Crippen LogP contribution in [0.5, 0.6) is 0 Å². The highest BCUT2D eigenvalue weighted by atomic mass is 16.5. The first-order valence-corrected chi connectivity index (χ1v) is 11.0. The van der Waals surface area contributed by atoms with Gasteiger partial charge in [-0.05, 0) is 19.9 Å². The number of aryl methyl sites for hydroxylation is 2. The lowest BCUT2D eigenvalue weighted by molar-refractivity contribution is -0.176. The van der Waals surface area contributed by atoms with Crippen molar-refractivity contribution in [1.82, 2.24) is 20.0 Å². The van der Waals surface area contributed by atoms with Gasteiger partial charge in [0.15, 0.2) is 0 Å². The highest BCUT2D eigenvalue weighted by molar-refractivity contribution is 5.86. The number of amides is 1. The van der Waals surface area contributed by atoms with Crippen LogP contribution in [0.2, 0.25) is 0 Å². The Kier molecular flexibility index (Phi) is 5.38. The summed E-state index contributed by atoms with van der Waals surface area (Å²) in [6.45, 7) is 6.87. The molecule has 5 rings (SSSR count). The average Bonchev–Trinajstić information content (AvgIpc) is 3.26. The molecular weight excluding hydrogens is 406 g/mol. The first-order chi connectivity index (χ1) is 15.5. The summed E-state index contributed by atoms with van der Waals surface area (Å²) in [4.78, 5) is 26.7. The summed E-state index contributed by atoms with van der Waals surface area (Å²) in [5.74, 6) is 0.777. The molecule has 2 aromatic heterocycles. The lowest BCUT2D eigenvalue weighted by Gasteiger charge is -2.46. The van der Waals surface area contributed by atoms with Gasteiger partial charge in [0.2, 0.25) is 5.95 Å². The fourth-order valence-corrected chi connectivity index (χ4v) is 4.64. The van der Waals surface area contributed by atoms with Crippen molar-refractivity contribution in [3.05, 3.63) is 59.6 Å². The van der Waals surface area contributed by atoms with Crippen LogP contribution in [0.3, 0.4) is 0 Å². The van der Waals surface area contributed by atoms with Gasteiger partial charge in [0, 0.05) is 55.0 Å². The maximum atomic E-state index is 13.5. The number of rotatable bonds is 4. The molecule has 0 bridgehead atoms. The quantitative estimate of drug-likeness (QED) is 0.625. The molecule has 1 aromatic carbocycles. The topological polar surface area (TPSA) is 84.6 Å². The van der Waals surface area contributed by atoms with Gasteiger partial charge in [-0.2, -0.15) is 0 Å². The number of hydrogen-bond donors (Lipinski definition) is 0. The molecule has 0 N–H and O–H groups in total. The van der Waals surface area contributed by atoms with E-state index in [0.717, 1.165) is 34.2 Å². The standard InChI is InChI=1S/C24H27N5O3/c1-17-14-18(2)26-23(25-17)28-10-8-24(9-11-28)22(30)29(12-13-31-24)15-20-16-32-27-21(20)19-6-4-3-5-7-19/h3-7,14,16H,8-13,15H2,1-2H3. The number of anilines is 1. The van der Waals surface area contributed by atoms with Crippen molar-refractivity contribution in [1.29, 1.82) is 0 Å². The maximum absolute atomic E-state index is 13.5. The largest absolute Gasteiger partial charge is 0.364 e. The zero-order valence-corrected chi connectivity index (χ0v) is 18.5. The first-order valence-electron chi connectivity index (χ1n) is 11.0. The number of hydrogen-bond acceptors (Lipinski definition) is 7. The summed E-state index contributed by atoms with van der Waals surface area (Å²) < 4.78 is 11.4. The minimum atomic E-state index is -0.780.